The van der Waals surface area contributed by atoms with E-state index in [0.29, 0.717) is 11.7 Å². The lowest BCUT2D eigenvalue weighted by Gasteiger charge is -2.11. The average molecular weight is 183 g/mol. The first-order valence-electron chi connectivity index (χ1n) is 4.81. The number of rotatable bonds is 5. The minimum Gasteiger partial charge on any atom is -0.338 e. The van der Waals surface area contributed by atoms with Crippen molar-refractivity contribution in [2.24, 2.45) is 0 Å². The highest BCUT2D eigenvalue weighted by Crippen LogP contribution is 2.15. The van der Waals surface area contributed by atoms with E-state index in [1.165, 1.54) is 0 Å². The molecule has 0 aromatic carbocycles. The molecular weight excluding hydrogens is 166 g/mol. The molecule has 74 valence electrons. The molecule has 0 spiro atoms. The first-order chi connectivity index (χ1) is 6.27. The van der Waals surface area contributed by atoms with Crippen LogP contribution in [0.3, 0.4) is 0 Å². The minimum atomic E-state index is 0.219. The summed E-state index contributed by atoms with van der Waals surface area (Å²) in [5, 5.41) is 7.09. The Balaban J connectivity index is 2.63. The lowest BCUT2D eigenvalue weighted by molar-refractivity contribution is 0.321. The molecule has 1 rings (SSSR count). The zero-order valence-corrected chi connectivity index (χ0v) is 8.50. The molecule has 0 unspecified atom stereocenters. The largest absolute Gasteiger partial charge is 0.338 e. The van der Waals surface area contributed by atoms with Crippen molar-refractivity contribution in [3.05, 3.63) is 11.7 Å². The summed E-state index contributed by atoms with van der Waals surface area (Å²) in [5.41, 5.74) is 0. The predicted molar refractivity (Wildman–Crippen MR) is 50.4 cm³/mol. The normalized spacial score (nSPS) is 13.2. The van der Waals surface area contributed by atoms with Gasteiger partial charge in [0, 0.05) is 0 Å². The van der Waals surface area contributed by atoms with E-state index >= 15 is 0 Å². The van der Waals surface area contributed by atoms with Gasteiger partial charge in [0.1, 0.15) is 0 Å². The van der Waals surface area contributed by atoms with E-state index in [1.54, 1.807) is 0 Å². The molecule has 1 N–H and O–H groups in total. The maximum Gasteiger partial charge on any atom is 0.243 e. The fraction of sp³-hybridized carbons (Fsp3) is 0.778. The molecule has 1 aromatic rings. The van der Waals surface area contributed by atoms with Gasteiger partial charge in [-0.15, -0.1) is 0 Å². The fourth-order valence-electron chi connectivity index (χ4n) is 1.30. The third-order valence-electron chi connectivity index (χ3n) is 1.87. The molecule has 4 heteroatoms. The molecule has 4 nitrogen and oxygen atoms in total. The standard InChI is InChI=1S/C9H17N3O/c1-4-6-8(10-5-2)9-11-7(3)12-13-9/h8,10H,4-6H2,1-3H3/t8-/m0/s1. The Morgan fingerprint density at radius 3 is 2.69 bits per heavy atom. The van der Waals surface area contributed by atoms with Gasteiger partial charge in [0.05, 0.1) is 6.04 Å². The summed E-state index contributed by atoms with van der Waals surface area (Å²) in [7, 11) is 0. The molecule has 0 aliphatic carbocycles. The molecule has 1 atom stereocenters. The Bertz CT molecular complexity index is 241. The van der Waals surface area contributed by atoms with Crippen molar-refractivity contribution in [1.29, 1.82) is 0 Å². The topological polar surface area (TPSA) is 51.0 Å². The van der Waals surface area contributed by atoms with Crippen LogP contribution in [-0.4, -0.2) is 16.7 Å². The maximum absolute atomic E-state index is 5.11. The van der Waals surface area contributed by atoms with Crippen molar-refractivity contribution >= 4 is 0 Å². The van der Waals surface area contributed by atoms with E-state index in [1.807, 2.05) is 6.92 Å². The van der Waals surface area contributed by atoms with Gasteiger partial charge in [-0.1, -0.05) is 25.4 Å². The lowest BCUT2D eigenvalue weighted by Crippen LogP contribution is -2.20. The van der Waals surface area contributed by atoms with Crippen LogP contribution in [0.4, 0.5) is 0 Å². The summed E-state index contributed by atoms with van der Waals surface area (Å²) >= 11 is 0. The molecule has 0 saturated carbocycles. The van der Waals surface area contributed by atoms with Crippen molar-refractivity contribution in [3.8, 4) is 0 Å². The molecule has 0 radical (unpaired) electrons. The van der Waals surface area contributed by atoms with Crippen molar-refractivity contribution in [1.82, 2.24) is 15.5 Å². The highest BCUT2D eigenvalue weighted by atomic mass is 16.5. The number of aromatic nitrogens is 2. The van der Waals surface area contributed by atoms with Gasteiger partial charge in [-0.2, -0.15) is 4.98 Å². The summed E-state index contributed by atoms with van der Waals surface area (Å²) < 4.78 is 5.11. The minimum absolute atomic E-state index is 0.219. The zero-order valence-electron chi connectivity index (χ0n) is 8.50. The van der Waals surface area contributed by atoms with Crippen molar-refractivity contribution in [2.75, 3.05) is 6.54 Å². The molecular formula is C9H17N3O. The molecule has 0 aliphatic heterocycles. The number of aryl methyl sites for hydroxylation is 1. The second-order valence-electron chi connectivity index (χ2n) is 3.08. The molecule has 0 amide bonds. The van der Waals surface area contributed by atoms with E-state index in [0.717, 1.165) is 19.4 Å². The monoisotopic (exact) mass is 183 g/mol. The van der Waals surface area contributed by atoms with Crippen LogP contribution >= 0.6 is 0 Å². The van der Waals surface area contributed by atoms with Gasteiger partial charge in [0.15, 0.2) is 5.82 Å². The summed E-state index contributed by atoms with van der Waals surface area (Å²) in [5.74, 6) is 1.41. The van der Waals surface area contributed by atoms with Crippen molar-refractivity contribution < 1.29 is 4.52 Å². The van der Waals surface area contributed by atoms with Gasteiger partial charge in [0.25, 0.3) is 0 Å². The van der Waals surface area contributed by atoms with E-state index in [9.17, 15) is 0 Å². The van der Waals surface area contributed by atoms with Crippen LogP contribution in [0.25, 0.3) is 0 Å². The van der Waals surface area contributed by atoms with Crippen LogP contribution in [0, 0.1) is 6.92 Å². The number of nitrogens with one attached hydrogen (secondary N) is 1. The first-order valence-corrected chi connectivity index (χ1v) is 4.81. The number of hydrogen-bond acceptors (Lipinski definition) is 4. The molecule has 1 heterocycles. The van der Waals surface area contributed by atoms with Gasteiger partial charge in [0.2, 0.25) is 5.89 Å². The van der Waals surface area contributed by atoms with Gasteiger partial charge in [-0.05, 0) is 19.9 Å². The number of nitrogens with zero attached hydrogens (tertiary/aromatic N) is 2. The van der Waals surface area contributed by atoms with Gasteiger partial charge >= 0.3 is 0 Å². The Kier molecular flexibility index (Phi) is 3.89. The Labute approximate surface area is 78.7 Å². The highest BCUT2D eigenvalue weighted by Gasteiger charge is 2.15. The zero-order chi connectivity index (χ0) is 9.68. The quantitative estimate of drug-likeness (QED) is 0.756. The van der Waals surface area contributed by atoms with E-state index < -0.39 is 0 Å². The van der Waals surface area contributed by atoms with Crippen LogP contribution in [0.5, 0.6) is 0 Å². The molecule has 1 aromatic heterocycles. The summed E-state index contributed by atoms with van der Waals surface area (Å²) in [6, 6.07) is 0.219. The maximum atomic E-state index is 5.11. The smallest absolute Gasteiger partial charge is 0.243 e. The van der Waals surface area contributed by atoms with E-state index in [4.69, 9.17) is 4.52 Å². The van der Waals surface area contributed by atoms with E-state index in [2.05, 4.69) is 29.3 Å². The van der Waals surface area contributed by atoms with Crippen LogP contribution in [0.2, 0.25) is 0 Å². The summed E-state index contributed by atoms with van der Waals surface area (Å²) in [6.45, 7) is 6.98. The average Bonchev–Trinajstić information content (AvgIpc) is 2.51. The van der Waals surface area contributed by atoms with Crippen LogP contribution in [0.15, 0.2) is 4.52 Å². The van der Waals surface area contributed by atoms with Gasteiger partial charge in [-0.25, -0.2) is 0 Å². The second kappa shape index (κ2) is 4.97. The Morgan fingerprint density at radius 2 is 2.23 bits per heavy atom. The molecule has 0 saturated heterocycles. The van der Waals surface area contributed by atoms with Crippen molar-refractivity contribution in [2.45, 2.75) is 39.7 Å². The summed E-state index contributed by atoms with van der Waals surface area (Å²) in [6.07, 6.45) is 2.15. The summed E-state index contributed by atoms with van der Waals surface area (Å²) in [4.78, 5) is 4.21. The molecule has 0 aliphatic rings. The third kappa shape index (κ3) is 2.81. The third-order valence-corrected chi connectivity index (χ3v) is 1.87. The predicted octanol–water partition coefficient (Wildman–Crippen LogP) is 1.83. The fourth-order valence-corrected chi connectivity index (χ4v) is 1.30. The Hall–Kier alpha value is -0.900. The van der Waals surface area contributed by atoms with Crippen molar-refractivity contribution in [3.63, 3.8) is 0 Å². The number of hydrogen-bond donors (Lipinski definition) is 1. The van der Waals surface area contributed by atoms with E-state index in [-0.39, 0.29) is 6.04 Å². The molecule has 0 fully saturated rings. The van der Waals surface area contributed by atoms with Gasteiger partial charge in [-0.3, -0.25) is 0 Å². The SMILES string of the molecule is CCC[C@H](NCC)c1nc(C)no1. The molecule has 0 bridgehead atoms. The van der Waals surface area contributed by atoms with Gasteiger partial charge < -0.3 is 9.84 Å². The van der Waals surface area contributed by atoms with Crippen LogP contribution in [0.1, 0.15) is 44.4 Å². The van der Waals surface area contributed by atoms with Crippen LogP contribution < -0.4 is 5.32 Å². The highest BCUT2D eigenvalue weighted by molar-refractivity contribution is 4.90. The first kappa shape index (κ1) is 10.2. The second-order valence-corrected chi connectivity index (χ2v) is 3.08. The van der Waals surface area contributed by atoms with Crippen LogP contribution in [-0.2, 0) is 0 Å². The Morgan fingerprint density at radius 1 is 1.46 bits per heavy atom. The molecule has 13 heavy (non-hydrogen) atoms. The lowest BCUT2D eigenvalue weighted by atomic mass is 10.1.